The van der Waals surface area contributed by atoms with E-state index in [-0.39, 0.29) is 0 Å². The SMILES string of the molecule is Brc1ccc2c(N3CCNCC3)ccnc2c1. The summed E-state index contributed by atoms with van der Waals surface area (Å²) in [6.45, 7) is 4.24. The molecule has 17 heavy (non-hydrogen) atoms. The van der Waals surface area contributed by atoms with Gasteiger partial charge in [0.2, 0.25) is 0 Å². The summed E-state index contributed by atoms with van der Waals surface area (Å²) in [5.74, 6) is 0. The fraction of sp³-hybridized carbons (Fsp3) is 0.308. The highest BCUT2D eigenvalue weighted by Crippen LogP contribution is 2.27. The number of nitrogens with zero attached hydrogens (tertiary/aromatic N) is 2. The molecule has 0 radical (unpaired) electrons. The van der Waals surface area contributed by atoms with Gasteiger partial charge in [-0.05, 0) is 24.3 Å². The van der Waals surface area contributed by atoms with Crippen molar-refractivity contribution in [1.82, 2.24) is 10.3 Å². The number of pyridine rings is 1. The molecule has 0 unspecified atom stereocenters. The lowest BCUT2D eigenvalue weighted by atomic mass is 10.1. The van der Waals surface area contributed by atoms with Crippen LogP contribution >= 0.6 is 15.9 Å². The van der Waals surface area contributed by atoms with Gasteiger partial charge in [-0.2, -0.15) is 0 Å². The van der Waals surface area contributed by atoms with Gasteiger partial charge in [-0.25, -0.2) is 0 Å². The van der Waals surface area contributed by atoms with Crippen LogP contribution in [-0.2, 0) is 0 Å². The molecule has 0 spiro atoms. The van der Waals surface area contributed by atoms with E-state index >= 15 is 0 Å². The molecule has 0 aliphatic carbocycles. The number of benzene rings is 1. The fourth-order valence-electron chi connectivity index (χ4n) is 2.29. The van der Waals surface area contributed by atoms with Gasteiger partial charge in [0, 0.05) is 47.9 Å². The summed E-state index contributed by atoms with van der Waals surface area (Å²) in [6, 6.07) is 8.40. The molecule has 1 aliphatic heterocycles. The Bertz CT molecular complexity index is 535. The molecule has 2 heterocycles. The van der Waals surface area contributed by atoms with Gasteiger partial charge in [-0.15, -0.1) is 0 Å². The number of hydrogen-bond acceptors (Lipinski definition) is 3. The normalized spacial score (nSPS) is 16.4. The van der Waals surface area contributed by atoms with Crippen LogP contribution in [-0.4, -0.2) is 31.2 Å². The van der Waals surface area contributed by atoms with E-state index in [9.17, 15) is 0 Å². The molecule has 1 fully saturated rings. The first-order chi connectivity index (χ1) is 8.34. The molecule has 1 aliphatic rings. The topological polar surface area (TPSA) is 28.2 Å². The fourth-order valence-corrected chi connectivity index (χ4v) is 2.64. The highest BCUT2D eigenvalue weighted by molar-refractivity contribution is 9.10. The largest absolute Gasteiger partial charge is 0.368 e. The predicted octanol–water partition coefficient (Wildman–Crippen LogP) is 2.41. The van der Waals surface area contributed by atoms with Crippen LogP contribution in [0.15, 0.2) is 34.9 Å². The lowest BCUT2D eigenvalue weighted by Crippen LogP contribution is -2.43. The summed E-state index contributed by atoms with van der Waals surface area (Å²) in [7, 11) is 0. The number of fused-ring (bicyclic) bond motifs is 1. The average molecular weight is 292 g/mol. The van der Waals surface area contributed by atoms with Crippen LogP contribution in [0.5, 0.6) is 0 Å². The Kier molecular flexibility index (Phi) is 2.99. The molecular formula is C13H14BrN3. The highest BCUT2D eigenvalue weighted by Gasteiger charge is 2.13. The minimum Gasteiger partial charge on any atom is -0.368 e. The van der Waals surface area contributed by atoms with Crippen molar-refractivity contribution < 1.29 is 0 Å². The van der Waals surface area contributed by atoms with Gasteiger partial charge in [-0.1, -0.05) is 15.9 Å². The zero-order valence-electron chi connectivity index (χ0n) is 9.49. The Morgan fingerprint density at radius 2 is 2.00 bits per heavy atom. The maximum atomic E-state index is 4.43. The second-order valence-corrected chi connectivity index (χ2v) is 5.14. The number of anilines is 1. The smallest absolute Gasteiger partial charge is 0.0734 e. The van der Waals surface area contributed by atoms with Crippen molar-refractivity contribution in [2.24, 2.45) is 0 Å². The second-order valence-electron chi connectivity index (χ2n) is 4.23. The van der Waals surface area contributed by atoms with E-state index in [2.05, 4.69) is 55.4 Å². The number of rotatable bonds is 1. The third kappa shape index (κ3) is 2.15. The summed E-state index contributed by atoms with van der Waals surface area (Å²) in [5.41, 5.74) is 2.35. The standard InChI is InChI=1S/C13H14BrN3/c14-10-1-2-11-12(9-10)16-4-3-13(11)17-7-5-15-6-8-17/h1-4,9,15H,5-8H2. The molecule has 1 N–H and O–H groups in total. The van der Waals surface area contributed by atoms with E-state index in [0.29, 0.717) is 0 Å². The number of hydrogen-bond donors (Lipinski definition) is 1. The maximum Gasteiger partial charge on any atom is 0.0734 e. The van der Waals surface area contributed by atoms with Crippen molar-refractivity contribution in [3.63, 3.8) is 0 Å². The Morgan fingerprint density at radius 3 is 2.82 bits per heavy atom. The van der Waals surface area contributed by atoms with Crippen LogP contribution in [0.4, 0.5) is 5.69 Å². The molecule has 1 aromatic heterocycles. The second kappa shape index (κ2) is 4.63. The third-order valence-electron chi connectivity index (χ3n) is 3.14. The zero-order valence-corrected chi connectivity index (χ0v) is 11.1. The minimum absolute atomic E-state index is 1.05. The maximum absolute atomic E-state index is 4.43. The Balaban J connectivity index is 2.09. The van der Waals surface area contributed by atoms with Crippen molar-refractivity contribution in [1.29, 1.82) is 0 Å². The van der Waals surface area contributed by atoms with Crippen LogP contribution < -0.4 is 10.2 Å². The first-order valence-corrected chi connectivity index (χ1v) is 6.64. The number of aromatic nitrogens is 1. The van der Waals surface area contributed by atoms with Gasteiger partial charge in [0.05, 0.1) is 5.52 Å². The molecule has 88 valence electrons. The van der Waals surface area contributed by atoms with Gasteiger partial charge in [0.1, 0.15) is 0 Å². The molecule has 4 heteroatoms. The van der Waals surface area contributed by atoms with E-state index < -0.39 is 0 Å². The summed E-state index contributed by atoms with van der Waals surface area (Å²) in [4.78, 5) is 6.85. The van der Waals surface area contributed by atoms with Crippen molar-refractivity contribution in [2.45, 2.75) is 0 Å². The predicted molar refractivity (Wildman–Crippen MR) is 74.5 cm³/mol. The van der Waals surface area contributed by atoms with Gasteiger partial charge in [0.25, 0.3) is 0 Å². The van der Waals surface area contributed by atoms with E-state index in [1.165, 1.54) is 11.1 Å². The minimum atomic E-state index is 1.05. The number of piperazine rings is 1. The molecule has 2 aromatic rings. The van der Waals surface area contributed by atoms with E-state index in [1.807, 2.05) is 6.20 Å². The molecular weight excluding hydrogens is 278 g/mol. The molecule has 0 atom stereocenters. The molecule has 3 rings (SSSR count). The van der Waals surface area contributed by atoms with Gasteiger partial charge >= 0.3 is 0 Å². The van der Waals surface area contributed by atoms with Gasteiger partial charge in [-0.3, -0.25) is 4.98 Å². The number of nitrogens with one attached hydrogen (secondary N) is 1. The molecule has 0 saturated carbocycles. The van der Waals surface area contributed by atoms with E-state index in [0.717, 1.165) is 36.2 Å². The molecule has 1 saturated heterocycles. The van der Waals surface area contributed by atoms with Crippen LogP contribution in [0.2, 0.25) is 0 Å². The van der Waals surface area contributed by atoms with Crippen LogP contribution in [0.1, 0.15) is 0 Å². The molecule has 0 amide bonds. The Morgan fingerprint density at radius 1 is 1.18 bits per heavy atom. The highest BCUT2D eigenvalue weighted by atomic mass is 79.9. The van der Waals surface area contributed by atoms with Gasteiger partial charge < -0.3 is 10.2 Å². The van der Waals surface area contributed by atoms with Crippen LogP contribution in [0, 0.1) is 0 Å². The molecule has 1 aromatic carbocycles. The van der Waals surface area contributed by atoms with Crippen LogP contribution in [0.25, 0.3) is 10.9 Å². The van der Waals surface area contributed by atoms with Crippen molar-refractivity contribution >= 4 is 32.5 Å². The van der Waals surface area contributed by atoms with E-state index in [4.69, 9.17) is 0 Å². The van der Waals surface area contributed by atoms with E-state index in [1.54, 1.807) is 0 Å². The quantitative estimate of drug-likeness (QED) is 0.875. The monoisotopic (exact) mass is 291 g/mol. The summed E-state index contributed by atoms with van der Waals surface area (Å²) < 4.78 is 1.08. The Hall–Kier alpha value is -1.13. The third-order valence-corrected chi connectivity index (χ3v) is 3.63. The Labute approximate surface area is 109 Å². The average Bonchev–Trinajstić information content (AvgIpc) is 2.39. The molecule has 3 nitrogen and oxygen atoms in total. The summed E-state index contributed by atoms with van der Waals surface area (Å²) in [5, 5.41) is 4.61. The van der Waals surface area contributed by atoms with Crippen LogP contribution in [0.3, 0.4) is 0 Å². The lowest BCUT2D eigenvalue weighted by Gasteiger charge is -2.30. The first-order valence-electron chi connectivity index (χ1n) is 5.84. The van der Waals surface area contributed by atoms with Gasteiger partial charge in [0.15, 0.2) is 0 Å². The molecule has 0 bridgehead atoms. The zero-order chi connectivity index (χ0) is 11.7. The van der Waals surface area contributed by atoms with Crippen molar-refractivity contribution in [3.05, 3.63) is 34.9 Å². The number of halogens is 1. The first kappa shape index (κ1) is 11.0. The summed E-state index contributed by atoms with van der Waals surface area (Å²) >= 11 is 3.49. The van der Waals surface area contributed by atoms with Crippen molar-refractivity contribution in [3.8, 4) is 0 Å². The summed E-state index contributed by atoms with van der Waals surface area (Å²) in [6.07, 6.45) is 1.89. The van der Waals surface area contributed by atoms with Crippen molar-refractivity contribution in [2.75, 3.05) is 31.1 Å². The lowest BCUT2D eigenvalue weighted by molar-refractivity contribution is 0.590.